The highest BCUT2D eigenvalue weighted by Gasteiger charge is 2.21. The van der Waals surface area contributed by atoms with E-state index in [0.29, 0.717) is 0 Å². The first-order valence-corrected chi connectivity index (χ1v) is 8.16. The fraction of sp³-hybridized carbons (Fsp3) is 0.462. The van der Waals surface area contributed by atoms with Gasteiger partial charge in [0.15, 0.2) is 0 Å². The van der Waals surface area contributed by atoms with Crippen molar-refractivity contribution in [3.63, 3.8) is 0 Å². The van der Waals surface area contributed by atoms with Crippen LogP contribution >= 0.6 is 0 Å². The van der Waals surface area contributed by atoms with E-state index in [-0.39, 0.29) is 17.1 Å². The Hall–Kier alpha value is -1.70. The van der Waals surface area contributed by atoms with E-state index < -0.39 is 28.4 Å². The molecule has 0 aliphatic carbocycles. The number of hydrogen-bond donors (Lipinski definition) is 0. The molecule has 1 unspecified atom stereocenters. The van der Waals surface area contributed by atoms with Crippen LogP contribution in [0.4, 0.5) is 8.78 Å². The van der Waals surface area contributed by atoms with Crippen molar-refractivity contribution in [1.29, 1.82) is 0 Å². The molecule has 0 radical (unpaired) electrons. The van der Waals surface area contributed by atoms with Crippen LogP contribution in [0.2, 0.25) is 0 Å². The van der Waals surface area contributed by atoms with Crippen molar-refractivity contribution in [2.45, 2.75) is 19.6 Å². The van der Waals surface area contributed by atoms with Crippen LogP contribution in [-0.4, -0.2) is 50.9 Å². The van der Waals surface area contributed by atoms with Crippen LogP contribution in [0.5, 0.6) is 5.75 Å². The Balaban J connectivity index is 2.78. The van der Waals surface area contributed by atoms with Gasteiger partial charge in [0, 0.05) is 24.9 Å². The Kier molecular flexibility index (Phi) is 5.65. The van der Waals surface area contributed by atoms with E-state index in [1.165, 1.54) is 36.2 Å². The molecule has 5 nitrogen and oxygen atoms in total. The third-order valence-corrected chi connectivity index (χ3v) is 3.94. The molecule has 0 saturated carbocycles. The lowest BCUT2D eigenvalue weighted by atomic mass is 10.2. The van der Waals surface area contributed by atoms with Gasteiger partial charge in [0.05, 0.1) is 5.75 Å². The van der Waals surface area contributed by atoms with Crippen molar-refractivity contribution in [3.8, 4) is 5.75 Å². The van der Waals surface area contributed by atoms with Gasteiger partial charge in [-0.15, -0.1) is 0 Å². The molecule has 0 fully saturated rings. The quantitative estimate of drug-likeness (QED) is 0.801. The Bertz CT molecular complexity index is 587. The maximum absolute atomic E-state index is 12.1. The fourth-order valence-corrected chi connectivity index (χ4v) is 2.83. The third-order valence-electron chi connectivity index (χ3n) is 2.85. The highest BCUT2D eigenvalue weighted by atomic mass is 32.2. The van der Waals surface area contributed by atoms with Gasteiger partial charge in [-0.2, -0.15) is 8.78 Å². The summed E-state index contributed by atoms with van der Waals surface area (Å²) in [7, 11) is -1.71. The zero-order valence-corrected chi connectivity index (χ0v) is 12.7. The van der Waals surface area contributed by atoms with Crippen molar-refractivity contribution < 1.29 is 26.7 Å². The van der Waals surface area contributed by atoms with Crippen molar-refractivity contribution >= 4 is 15.7 Å². The first-order chi connectivity index (χ1) is 9.60. The molecule has 0 bridgehead atoms. The van der Waals surface area contributed by atoms with Gasteiger partial charge >= 0.3 is 6.61 Å². The minimum atomic E-state index is -3.20. The molecule has 0 aromatic heterocycles. The van der Waals surface area contributed by atoms with Gasteiger partial charge < -0.3 is 9.64 Å². The van der Waals surface area contributed by atoms with Crippen molar-refractivity contribution in [2.24, 2.45) is 0 Å². The number of hydrogen-bond acceptors (Lipinski definition) is 4. The molecule has 0 saturated heterocycles. The lowest BCUT2D eigenvalue weighted by Gasteiger charge is -2.24. The van der Waals surface area contributed by atoms with Crippen LogP contribution in [0.1, 0.15) is 17.3 Å². The summed E-state index contributed by atoms with van der Waals surface area (Å²) >= 11 is 0. The molecule has 0 N–H and O–H groups in total. The smallest absolute Gasteiger partial charge is 0.387 e. The number of alkyl halides is 2. The first-order valence-electron chi connectivity index (χ1n) is 6.10. The fourth-order valence-electron chi connectivity index (χ4n) is 1.73. The number of sulfone groups is 1. The normalized spacial score (nSPS) is 13.0. The van der Waals surface area contributed by atoms with Gasteiger partial charge in [0.1, 0.15) is 15.6 Å². The maximum Gasteiger partial charge on any atom is 0.387 e. The lowest BCUT2D eigenvalue weighted by Crippen LogP contribution is -2.39. The molecule has 1 aromatic carbocycles. The molecule has 21 heavy (non-hydrogen) atoms. The summed E-state index contributed by atoms with van der Waals surface area (Å²) in [6, 6.07) is 4.72. The van der Waals surface area contributed by atoms with E-state index in [2.05, 4.69) is 4.74 Å². The molecule has 0 spiro atoms. The highest BCUT2D eigenvalue weighted by Crippen LogP contribution is 2.16. The molecule has 118 valence electrons. The van der Waals surface area contributed by atoms with Gasteiger partial charge in [-0.3, -0.25) is 4.79 Å². The average molecular weight is 321 g/mol. The molecule has 0 aliphatic heterocycles. The molecule has 1 aromatic rings. The lowest BCUT2D eigenvalue weighted by molar-refractivity contribution is -0.0498. The second-order valence-corrected chi connectivity index (χ2v) is 6.95. The van der Waals surface area contributed by atoms with Crippen LogP contribution < -0.4 is 4.74 Å². The third kappa shape index (κ3) is 5.66. The number of carbonyl (C=O) groups excluding carboxylic acids is 1. The van der Waals surface area contributed by atoms with E-state index in [9.17, 15) is 22.0 Å². The number of amides is 1. The summed E-state index contributed by atoms with van der Waals surface area (Å²) in [5.74, 6) is -0.593. The number of ether oxygens (including phenoxy) is 1. The van der Waals surface area contributed by atoms with E-state index in [4.69, 9.17) is 0 Å². The van der Waals surface area contributed by atoms with Crippen LogP contribution in [0, 0.1) is 0 Å². The molecule has 1 rings (SSSR count). The first kappa shape index (κ1) is 17.4. The topological polar surface area (TPSA) is 63.7 Å². The maximum atomic E-state index is 12.1. The second kappa shape index (κ2) is 6.84. The summed E-state index contributed by atoms with van der Waals surface area (Å²) in [5.41, 5.74) is 0.263. The summed E-state index contributed by atoms with van der Waals surface area (Å²) in [6.45, 7) is -1.31. The number of halogens is 2. The van der Waals surface area contributed by atoms with Crippen molar-refractivity contribution in [1.82, 2.24) is 4.90 Å². The molecule has 1 atom stereocenters. The van der Waals surface area contributed by atoms with E-state index in [1.807, 2.05) is 0 Å². The summed E-state index contributed by atoms with van der Waals surface area (Å²) < 4.78 is 50.7. The van der Waals surface area contributed by atoms with Gasteiger partial charge in [0.2, 0.25) is 0 Å². The van der Waals surface area contributed by atoms with Crippen LogP contribution in [0.3, 0.4) is 0 Å². The molecule has 0 heterocycles. The van der Waals surface area contributed by atoms with Gasteiger partial charge in [-0.05, 0) is 31.2 Å². The standard InChI is InChI=1S/C13H17F2NO4S/c1-9(8-21(3,18)19)16(2)12(17)10-4-6-11(7-5-10)20-13(14)15/h4-7,9,13H,8H2,1-3H3. The Morgan fingerprint density at radius 2 is 1.81 bits per heavy atom. The second-order valence-electron chi connectivity index (χ2n) is 4.76. The number of carbonyl (C=O) groups is 1. The minimum Gasteiger partial charge on any atom is -0.435 e. The summed E-state index contributed by atoms with van der Waals surface area (Å²) in [5, 5.41) is 0. The highest BCUT2D eigenvalue weighted by molar-refractivity contribution is 7.90. The van der Waals surface area contributed by atoms with Gasteiger partial charge in [0.25, 0.3) is 5.91 Å². The van der Waals surface area contributed by atoms with Gasteiger partial charge in [-0.25, -0.2) is 8.42 Å². The molecule has 0 aliphatic rings. The van der Waals surface area contributed by atoms with E-state index >= 15 is 0 Å². The number of nitrogens with zero attached hydrogens (tertiary/aromatic N) is 1. The summed E-state index contributed by atoms with van der Waals surface area (Å²) in [4.78, 5) is 13.4. The monoisotopic (exact) mass is 321 g/mol. The van der Waals surface area contributed by atoms with Gasteiger partial charge in [-0.1, -0.05) is 0 Å². The largest absolute Gasteiger partial charge is 0.435 e. The van der Waals surface area contributed by atoms with Crippen LogP contribution in [0.25, 0.3) is 0 Å². The molecular formula is C13H17F2NO4S. The minimum absolute atomic E-state index is 0.0478. The molecular weight excluding hydrogens is 304 g/mol. The zero-order valence-electron chi connectivity index (χ0n) is 11.9. The van der Waals surface area contributed by atoms with E-state index in [0.717, 1.165) is 6.26 Å². The van der Waals surface area contributed by atoms with Crippen LogP contribution in [0.15, 0.2) is 24.3 Å². The predicted octanol–water partition coefficient (Wildman–Crippen LogP) is 1.79. The number of benzene rings is 1. The Labute approximate surface area is 122 Å². The number of rotatable bonds is 6. The zero-order chi connectivity index (χ0) is 16.2. The van der Waals surface area contributed by atoms with Crippen molar-refractivity contribution in [3.05, 3.63) is 29.8 Å². The summed E-state index contributed by atoms with van der Waals surface area (Å²) in [6.07, 6.45) is 1.10. The average Bonchev–Trinajstić information content (AvgIpc) is 2.35. The SMILES string of the molecule is CC(CS(C)(=O)=O)N(C)C(=O)c1ccc(OC(F)F)cc1. The molecule has 8 heteroatoms. The Morgan fingerprint density at radius 3 is 2.24 bits per heavy atom. The van der Waals surface area contributed by atoms with Crippen LogP contribution in [-0.2, 0) is 9.84 Å². The molecule has 1 amide bonds. The van der Waals surface area contributed by atoms with Crippen molar-refractivity contribution in [2.75, 3.05) is 19.1 Å². The Morgan fingerprint density at radius 1 is 1.29 bits per heavy atom. The van der Waals surface area contributed by atoms with E-state index in [1.54, 1.807) is 6.92 Å². The predicted molar refractivity (Wildman–Crippen MR) is 74.3 cm³/mol.